The molecule has 0 spiro atoms. The van der Waals surface area contributed by atoms with E-state index in [1.165, 1.54) is 17.6 Å². The number of nitrogens with zero attached hydrogens (tertiary/aromatic N) is 1. The molecule has 0 atom stereocenters. The lowest BCUT2D eigenvalue weighted by Gasteiger charge is -2.12. The van der Waals surface area contributed by atoms with Crippen molar-refractivity contribution in [3.05, 3.63) is 117 Å². The van der Waals surface area contributed by atoms with E-state index in [4.69, 9.17) is 5.11 Å². The van der Waals surface area contributed by atoms with Crippen LogP contribution < -0.4 is 5.56 Å². The van der Waals surface area contributed by atoms with E-state index in [0.29, 0.717) is 6.42 Å². The number of aliphatic hydroxyl groups is 1. The van der Waals surface area contributed by atoms with Crippen LogP contribution >= 0.6 is 0 Å². The molecular formula is C24H21NO5. The lowest BCUT2D eigenvalue weighted by molar-refractivity contribution is -0.135. The normalized spacial score (nSPS) is 11.6. The van der Waals surface area contributed by atoms with Crippen molar-refractivity contribution >= 4 is 11.8 Å². The fourth-order valence-electron chi connectivity index (χ4n) is 3.16. The molecule has 0 saturated heterocycles. The van der Waals surface area contributed by atoms with Gasteiger partial charge in [-0.1, -0.05) is 60.7 Å². The molecule has 30 heavy (non-hydrogen) atoms. The summed E-state index contributed by atoms with van der Waals surface area (Å²) in [5, 5.41) is 18.6. The third kappa shape index (κ3) is 4.72. The number of aliphatic carboxylic acids is 1. The van der Waals surface area contributed by atoms with Crippen LogP contribution in [0.5, 0.6) is 0 Å². The van der Waals surface area contributed by atoms with Crippen LogP contribution in [0.4, 0.5) is 0 Å². The number of allylic oxidation sites excluding steroid dienone is 1. The molecule has 0 aliphatic carbocycles. The highest BCUT2D eigenvalue weighted by Crippen LogP contribution is 2.14. The number of carbonyl (C=O) groups excluding carboxylic acids is 1. The van der Waals surface area contributed by atoms with E-state index in [9.17, 15) is 19.5 Å². The number of carbonyl (C=O) groups is 2. The highest BCUT2D eigenvalue weighted by atomic mass is 16.4. The second kappa shape index (κ2) is 9.05. The molecule has 0 bridgehead atoms. The topological polar surface area (TPSA) is 96.6 Å². The number of rotatable bonds is 7. The van der Waals surface area contributed by atoms with E-state index in [0.717, 1.165) is 16.7 Å². The first kappa shape index (κ1) is 20.8. The molecule has 0 unspecified atom stereocenters. The first-order chi connectivity index (χ1) is 14.4. The molecule has 0 radical (unpaired) electrons. The van der Waals surface area contributed by atoms with Crippen molar-refractivity contribution in [3.63, 3.8) is 0 Å². The van der Waals surface area contributed by atoms with Crippen LogP contribution in [0, 0.1) is 0 Å². The highest BCUT2D eigenvalue weighted by molar-refractivity contribution is 6.11. The Morgan fingerprint density at radius 3 is 2.00 bits per heavy atom. The van der Waals surface area contributed by atoms with Gasteiger partial charge in [-0.15, -0.1) is 0 Å². The Labute approximate surface area is 173 Å². The van der Waals surface area contributed by atoms with Crippen LogP contribution in [0.2, 0.25) is 0 Å². The molecule has 1 heterocycles. The van der Waals surface area contributed by atoms with Crippen molar-refractivity contribution < 1.29 is 19.8 Å². The highest BCUT2D eigenvalue weighted by Gasteiger charge is 2.21. The molecule has 3 aromatic rings. The van der Waals surface area contributed by atoms with Gasteiger partial charge in [-0.2, -0.15) is 0 Å². The molecule has 0 aliphatic rings. The number of Topliss-reactive ketones (excluding diaryl/α,β-unsaturated/α-hetero) is 1. The van der Waals surface area contributed by atoms with Gasteiger partial charge in [-0.3, -0.25) is 9.59 Å². The van der Waals surface area contributed by atoms with Gasteiger partial charge in [-0.05, 0) is 36.1 Å². The Morgan fingerprint density at radius 1 is 0.867 bits per heavy atom. The summed E-state index contributed by atoms with van der Waals surface area (Å²) in [5.41, 5.74) is 1.50. The Morgan fingerprint density at radius 2 is 1.43 bits per heavy atom. The predicted octanol–water partition coefficient (Wildman–Crippen LogP) is 3.59. The van der Waals surface area contributed by atoms with E-state index in [-0.39, 0.29) is 17.7 Å². The summed E-state index contributed by atoms with van der Waals surface area (Å²) in [7, 11) is 0. The quantitative estimate of drug-likeness (QED) is 0.357. The number of aliphatic hydroxyl groups excluding tert-OH is 1. The summed E-state index contributed by atoms with van der Waals surface area (Å²) in [6, 6.07) is 20.4. The Hall–Kier alpha value is -3.93. The van der Waals surface area contributed by atoms with Crippen LogP contribution in [0.25, 0.3) is 0 Å². The monoisotopic (exact) mass is 403 g/mol. The lowest BCUT2D eigenvalue weighted by Crippen LogP contribution is -2.28. The van der Waals surface area contributed by atoms with Gasteiger partial charge < -0.3 is 14.8 Å². The van der Waals surface area contributed by atoms with Gasteiger partial charge in [0.05, 0.1) is 12.1 Å². The van der Waals surface area contributed by atoms with Crippen molar-refractivity contribution in [2.24, 2.45) is 0 Å². The lowest BCUT2D eigenvalue weighted by atomic mass is 10.00. The van der Waals surface area contributed by atoms with Gasteiger partial charge in [-0.25, -0.2) is 4.79 Å². The van der Waals surface area contributed by atoms with E-state index in [1.54, 1.807) is 6.20 Å². The molecule has 2 aromatic carbocycles. The van der Waals surface area contributed by atoms with Crippen molar-refractivity contribution in [3.8, 4) is 0 Å². The number of benzene rings is 2. The van der Waals surface area contributed by atoms with Crippen LogP contribution in [0.1, 0.15) is 34.0 Å². The maximum absolute atomic E-state index is 13.0. The number of carboxylic acid groups (broad SMARTS) is 1. The van der Waals surface area contributed by atoms with Crippen molar-refractivity contribution in [1.82, 2.24) is 4.57 Å². The first-order valence-corrected chi connectivity index (χ1v) is 9.36. The molecule has 3 rings (SSSR count). The number of carboxylic acids is 1. The van der Waals surface area contributed by atoms with Crippen LogP contribution in [-0.2, 0) is 17.8 Å². The zero-order valence-electron chi connectivity index (χ0n) is 16.4. The van der Waals surface area contributed by atoms with Gasteiger partial charge in [0, 0.05) is 11.8 Å². The average Bonchev–Trinajstić information content (AvgIpc) is 2.75. The molecule has 6 nitrogen and oxygen atoms in total. The maximum Gasteiger partial charge on any atom is 0.371 e. The number of aromatic nitrogens is 1. The standard InChI is InChI=1S/C24H21NO5/c1-16(22(27)24(29)30)21(26)20-13-19(12-17-8-4-2-5-9-17)15-25(23(20)28)14-18-10-6-3-7-11-18/h2-11,13,15,27H,12,14H2,1H3,(H,29,30). The largest absolute Gasteiger partial charge is 0.502 e. The van der Waals surface area contributed by atoms with Gasteiger partial charge >= 0.3 is 5.97 Å². The molecule has 1 aromatic heterocycles. The van der Waals surface area contributed by atoms with Crippen molar-refractivity contribution in [1.29, 1.82) is 0 Å². The van der Waals surface area contributed by atoms with Crippen molar-refractivity contribution in [2.75, 3.05) is 0 Å². The van der Waals surface area contributed by atoms with Gasteiger partial charge in [0.2, 0.25) is 5.76 Å². The minimum atomic E-state index is -1.62. The Kier molecular flexibility index (Phi) is 6.27. The molecule has 6 heteroatoms. The summed E-state index contributed by atoms with van der Waals surface area (Å²) < 4.78 is 1.44. The molecule has 0 amide bonds. The molecule has 0 fully saturated rings. The second-order valence-electron chi connectivity index (χ2n) is 6.95. The summed E-state index contributed by atoms with van der Waals surface area (Å²) in [5.74, 6) is -3.50. The fourth-order valence-corrected chi connectivity index (χ4v) is 3.16. The van der Waals surface area contributed by atoms with E-state index in [1.807, 2.05) is 60.7 Å². The molecule has 0 aliphatic heterocycles. The van der Waals surface area contributed by atoms with Crippen LogP contribution in [0.3, 0.4) is 0 Å². The van der Waals surface area contributed by atoms with Gasteiger partial charge in [0.15, 0.2) is 5.78 Å². The second-order valence-corrected chi connectivity index (χ2v) is 6.95. The summed E-state index contributed by atoms with van der Waals surface area (Å²) in [4.78, 5) is 36.9. The minimum absolute atomic E-state index is 0.176. The van der Waals surface area contributed by atoms with Crippen LogP contribution in [0.15, 0.2) is 89.1 Å². The SMILES string of the molecule is CC(C(=O)c1cc(Cc2ccccc2)cn(Cc2ccccc2)c1=O)=C(O)C(=O)O. The number of pyridine rings is 1. The smallest absolute Gasteiger partial charge is 0.371 e. The zero-order valence-corrected chi connectivity index (χ0v) is 16.4. The Balaban J connectivity index is 2.10. The van der Waals surface area contributed by atoms with Crippen LogP contribution in [-0.4, -0.2) is 26.5 Å². The van der Waals surface area contributed by atoms with E-state index in [2.05, 4.69) is 0 Å². The third-order valence-electron chi connectivity index (χ3n) is 4.73. The molecular weight excluding hydrogens is 382 g/mol. The zero-order chi connectivity index (χ0) is 21.7. The van der Waals surface area contributed by atoms with E-state index < -0.39 is 23.1 Å². The van der Waals surface area contributed by atoms with Crippen molar-refractivity contribution in [2.45, 2.75) is 19.9 Å². The molecule has 2 N–H and O–H groups in total. The number of ketones is 1. The van der Waals surface area contributed by atoms with Gasteiger partial charge in [0.25, 0.3) is 5.56 Å². The molecule has 152 valence electrons. The third-order valence-corrected chi connectivity index (χ3v) is 4.73. The average molecular weight is 403 g/mol. The van der Waals surface area contributed by atoms with E-state index >= 15 is 0 Å². The first-order valence-electron chi connectivity index (χ1n) is 9.36. The number of hydrogen-bond donors (Lipinski definition) is 2. The predicted molar refractivity (Wildman–Crippen MR) is 113 cm³/mol. The summed E-state index contributed by atoms with van der Waals surface area (Å²) in [6.45, 7) is 1.45. The van der Waals surface area contributed by atoms with Gasteiger partial charge in [0.1, 0.15) is 0 Å². The Bertz CT molecular complexity index is 1160. The molecule has 0 saturated carbocycles. The fraction of sp³-hybridized carbons (Fsp3) is 0.125. The minimum Gasteiger partial charge on any atom is -0.502 e. The summed E-state index contributed by atoms with van der Waals surface area (Å²) >= 11 is 0. The maximum atomic E-state index is 13.0. The summed E-state index contributed by atoms with van der Waals surface area (Å²) in [6.07, 6.45) is 2.19. The number of hydrogen-bond acceptors (Lipinski definition) is 4.